The number of nitrogens with zero attached hydrogens (tertiary/aromatic N) is 5. The number of piperidine rings is 1. The summed E-state index contributed by atoms with van der Waals surface area (Å²) in [5.41, 5.74) is 9.53. The predicted molar refractivity (Wildman–Crippen MR) is 163 cm³/mol. The molecule has 1 N–H and O–H groups in total. The first kappa shape index (κ1) is 27.0. The van der Waals surface area contributed by atoms with Crippen LogP contribution in [0.5, 0.6) is 0 Å². The van der Waals surface area contributed by atoms with E-state index in [2.05, 4.69) is 53.8 Å². The van der Waals surface area contributed by atoms with Gasteiger partial charge in [-0.05, 0) is 55.2 Å². The highest BCUT2D eigenvalue weighted by atomic mass is 35.5. The Labute approximate surface area is 243 Å². The molecule has 6 rings (SSSR count). The van der Waals surface area contributed by atoms with Gasteiger partial charge in [0.15, 0.2) is 5.13 Å². The largest absolute Gasteiger partial charge is 0.481 e. The van der Waals surface area contributed by atoms with Crippen molar-refractivity contribution in [3.8, 4) is 11.1 Å². The van der Waals surface area contributed by atoms with Crippen molar-refractivity contribution in [2.45, 2.75) is 59.9 Å². The van der Waals surface area contributed by atoms with Crippen molar-refractivity contribution in [3.05, 3.63) is 63.7 Å². The molecular weight excluding hydrogens is 542 g/mol. The summed E-state index contributed by atoms with van der Waals surface area (Å²) >= 11 is 7.96. The molecule has 5 heterocycles. The van der Waals surface area contributed by atoms with Crippen LogP contribution in [0, 0.1) is 19.3 Å². The van der Waals surface area contributed by atoms with Crippen LogP contribution in [-0.2, 0) is 24.2 Å². The predicted octanol–water partition coefficient (Wildman–Crippen LogP) is 6.84. The summed E-state index contributed by atoms with van der Waals surface area (Å²) in [6.07, 6.45) is 6.49. The van der Waals surface area contributed by atoms with Gasteiger partial charge in [0.25, 0.3) is 0 Å². The maximum Gasteiger partial charge on any atom is 0.307 e. The van der Waals surface area contributed by atoms with Crippen LogP contribution >= 0.6 is 22.9 Å². The summed E-state index contributed by atoms with van der Waals surface area (Å²) in [6, 6.07) is 6.70. The summed E-state index contributed by atoms with van der Waals surface area (Å²) in [5, 5.41) is 11.3. The molecule has 0 saturated carbocycles. The Hall–Kier alpha value is -3.23. The molecule has 0 unspecified atom stereocenters. The van der Waals surface area contributed by atoms with Gasteiger partial charge in [0, 0.05) is 61.1 Å². The van der Waals surface area contributed by atoms with E-state index >= 15 is 0 Å². The molecule has 40 heavy (non-hydrogen) atoms. The number of rotatable bonds is 5. The van der Waals surface area contributed by atoms with E-state index in [-0.39, 0.29) is 6.42 Å². The van der Waals surface area contributed by atoms with Crippen LogP contribution in [0.3, 0.4) is 0 Å². The molecule has 1 aromatic carbocycles. The third-order valence-electron chi connectivity index (χ3n) is 8.44. The number of aliphatic carboxylic acids is 1. The summed E-state index contributed by atoms with van der Waals surface area (Å²) in [6.45, 7) is 12.1. The Balaban J connectivity index is 1.37. The van der Waals surface area contributed by atoms with E-state index in [0.717, 1.165) is 94.6 Å². The summed E-state index contributed by atoms with van der Waals surface area (Å²) in [4.78, 5) is 30.5. The minimum Gasteiger partial charge on any atom is -0.481 e. The van der Waals surface area contributed by atoms with Crippen LogP contribution < -0.4 is 9.80 Å². The zero-order valence-electron chi connectivity index (χ0n) is 23.4. The lowest BCUT2D eigenvalue weighted by molar-refractivity contribution is -0.136. The molecule has 0 spiro atoms. The van der Waals surface area contributed by atoms with Crippen LogP contribution in [0.25, 0.3) is 21.3 Å². The second kappa shape index (κ2) is 10.3. The normalized spacial score (nSPS) is 16.8. The fraction of sp³-hybridized carbons (Fsp3) is 0.419. The molecule has 0 aliphatic carbocycles. The number of hydrogen-bond acceptors (Lipinski definition) is 7. The number of anilines is 2. The molecule has 4 aromatic rings. The fourth-order valence-corrected chi connectivity index (χ4v) is 7.32. The molecular formula is C31H34ClN5O2S. The summed E-state index contributed by atoms with van der Waals surface area (Å²) < 4.78 is 0.997. The molecule has 1 fully saturated rings. The second-order valence-electron chi connectivity index (χ2n) is 11.8. The van der Waals surface area contributed by atoms with E-state index in [1.165, 1.54) is 11.1 Å². The van der Waals surface area contributed by atoms with Crippen LogP contribution in [0.15, 0.2) is 30.6 Å². The molecule has 7 nitrogen and oxygen atoms in total. The number of aromatic nitrogens is 3. The van der Waals surface area contributed by atoms with Crippen LogP contribution in [0.1, 0.15) is 54.8 Å². The van der Waals surface area contributed by atoms with Gasteiger partial charge in [-0.1, -0.05) is 55.0 Å². The minimum absolute atomic E-state index is 0.0249. The van der Waals surface area contributed by atoms with Gasteiger partial charge in [0.05, 0.1) is 21.8 Å². The van der Waals surface area contributed by atoms with Crippen molar-refractivity contribution in [1.82, 2.24) is 15.0 Å². The number of aryl methyl sites for hydroxylation is 2. The van der Waals surface area contributed by atoms with Crippen molar-refractivity contribution in [2.75, 3.05) is 29.4 Å². The van der Waals surface area contributed by atoms with Crippen LogP contribution in [0.2, 0.25) is 5.02 Å². The number of halogens is 1. The number of benzene rings is 1. The monoisotopic (exact) mass is 575 g/mol. The van der Waals surface area contributed by atoms with Gasteiger partial charge in [0.1, 0.15) is 5.52 Å². The topological polar surface area (TPSA) is 82.5 Å². The van der Waals surface area contributed by atoms with Gasteiger partial charge in [-0.3, -0.25) is 14.8 Å². The highest BCUT2D eigenvalue weighted by Gasteiger charge is 2.31. The van der Waals surface area contributed by atoms with Gasteiger partial charge >= 0.3 is 5.97 Å². The number of thiazole rings is 1. The van der Waals surface area contributed by atoms with E-state index in [0.29, 0.717) is 10.4 Å². The Morgan fingerprint density at radius 2 is 1.82 bits per heavy atom. The van der Waals surface area contributed by atoms with E-state index in [4.69, 9.17) is 21.6 Å². The Kier molecular flexibility index (Phi) is 6.95. The van der Waals surface area contributed by atoms with E-state index in [9.17, 15) is 9.90 Å². The first-order chi connectivity index (χ1) is 19.1. The number of carboxylic acids is 1. The first-order valence-corrected chi connectivity index (χ1v) is 15.0. The Morgan fingerprint density at radius 3 is 2.55 bits per heavy atom. The van der Waals surface area contributed by atoms with E-state index < -0.39 is 5.97 Å². The molecule has 0 atom stereocenters. The highest BCUT2D eigenvalue weighted by Crippen LogP contribution is 2.42. The summed E-state index contributed by atoms with van der Waals surface area (Å²) in [7, 11) is 0. The highest BCUT2D eigenvalue weighted by molar-refractivity contribution is 7.22. The molecule has 3 aromatic heterocycles. The molecule has 0 amide bonds. The van der Waals surface area contributed by atoms with E-state index in [1.54, 1.807) is 17.5 Å². The number of hydrogen-bond donors (Lipinski definition) is 1. The van der Waals surface area contributed by atoms with Crippen molar-refractivity contribution >= 4 is 49.9 Å². The molecule has 208 valence electrons. The first-order valence-electron chi connectivity index (χ1n) is 13.8. The molecule has 9 heteroatoms. The maximum absolute atomic E-state index is 11.9. The number of carbonyl (C=O) groups is 1. The fourth-order valence-electron chi connectivity index (χ4n) is 6.08. The molecule has 2 aliphatic rings. The molecule has 1 saturated heterocycles. The second-order valence-corrected chi connectivity index (χ2v) is 13.2. The average Bonchev–Trinajstić information content (AvgIpc) is 3.35. The van der Waals surface area contributed by atoms with Crippen molar-refractivity contribution < 1.29 is 9.90 Å². The zero-order valence-corrected chi connectivity index (χ0v) is 25.0. The summed E-state index contributed by atoms with van der Waals surface area (Å²) in [5.74, 6) is -0.823. The van der Waals surface area contributed by atoms with Crippen LogP contribution in [0.4, 0.5) is 10.8 Å². The van der Waals surface area contributed by atoms with Gasteiger partial charge in [-0.2, -0.15) is 0 Å². The minimum atomic E-state index is -0.823. The standard InChI is InChI=1S/C31H34ClN5O2S/c1-18-23(14-26(38)39)29(36-11-8-31(3,4)9-12-36)27(19(2)34-18)21-5-6-22-17-37(10-7-20(22)13-21)30-35-28-24(32)15-33-16-25(28)40-30/h5-6,13,15-16H,7-12,14,17H2,1-4H3,(H,38,39). The van der Waals surface area contributed by atoms with Crippen molar-refractivity contribution in [3.63, 3.8) is 0 Å². The molecule has 0 bridgehead atoms. The van der Waals surface area contributed by atoms with Crippen LogP contribution in [-0.4, -0.2) is 45.7 Å². The molecule has 0 radical (unpaired) electrons. The van der Waals surface area contributed by atoms with Crippen molar-refractivity contribution in [2.24, 2.45) is 5.41 Å². The average molecular weight is 576 g/mol. The Bertz CT molecular complexity index is 1620. The number of fused-ring (bicyclic) bond motifs is 2. The van der Waals surface area contributed by atoms with E-state index in [1.807, 2.05) is 13.1 Å². The van der Waals surface area contributed by atoms with Crippen molar-refractivity contribution in [1.29, 1.82) is 0 Å². The SMILES string of the molecule is Cc1nc(C)c(-c2ccc3c(c2)CCN(c2nc4c(Cl)cncc4s2)C3)c(N2CCC(C)(C)CC2)c1CC(=O)O. The lowest BCUT2D eigenvalue weighted by atomic mass is 9.82. The smallest absolute Gasteiger partial charge is 0.307 e. The van der Waals surface area contributed by atoms with Gasteiger partial charge < -0.3 is 14.9 Å². The van der Waals surface area contributed by atoms with Gasteiger partial charge in [-0.15, -0.1) is 0 Å². The third-order valence-corrected chi connectivity index (χ3v) is 9.77. The number of pyridine rings is 2. The van der Waals surface area contributed by atoms with Gasteiger partial charge in [-0.25, -0.2) is 4.98 Å². The lowest BCUT2D eigenvalue weighted by Gasteiger charge is -2.40. The molecule has 2 aliphatic heterocycles. The zero-order chi connectivity index (χ0) is 28.2. The van der Waals surface area contributed by atoms with Gasteiger partial charge in [0.2, 0.25) is 0 Å². The Morgan fingerprint density at radius 1 is 1.05 bits per heavy atom. The third kappa shape index (κ3) is 5.03. The maximum atomic E-state index is 11.9. The number of carboxylic acid groups (broad SMARTS) is 1. The lowest BCUT2D eigenvalue weighted by Crippen LogP contribution is -2.38. The quantitative estimate of drug-likeness (QED) is 0.279.